The zero-order valence-electron chi connectivity index (χ0n) is 19.1. The lowest BCUT2D eigenvalue weighted by Crippen LogP contribution is -2.17. The van der Waals surface area contributed by atoms with Crippen LogP contribution in [-0.2, 0) is 0 Å². The molecule has 0 radical (unpaired) electrons. The Labute approximate surface area is 199 Å². The summed E-state index contributed by atoms with van der Waals surface area (Å²) in [5.41, 5.74) is 5.47. The molecule has 35 heavy (non-hydrogen) atoms. The molecule has 0 aliphatic heterocycles. The number of non-ortho nitro benzene ring substituents is 1. The van der Waals surface area contributed by atoms with E-state index in [4.69, 9.17) is 14.2 Å². The highest BCUT2D eigenvalue weighted by Gasteiger charge is 2.13. The van der Waals surface area contributed by atoms with Crippen LogP contribution in [0.2, 0.25) is 0 Å². The Morgan fingerprint density at radius 3 is 2.31 bits per heavy atom. The second kappa shape index (κ2) is 9.91. The number of fused-ring (bicyclic) bond motifs is 1. The monoisotopic (exact) mass is 475 g/mol. The summed E-state index contributed by atoms with van der Waals surface area (Å²) in [6.07, 6.45) is 1.46. The summed E-state index contributed by atoms with van der Waals surface area (Å²) >= 11 is 0. The topological polar surface area (TPSA) is 141 Å². The predicted molar refractivity (Wildman–Crippen MR) is 129 cm³/mol. The van der Waals surface area contributed by atoms with Crippen LogP contribution in [0, 0.1) is 10.1 Å². The number of carbonyl (C=O) groups excluding carboxylic acids is 1. The van der Waals surface area contributed by atoms with Gasteiger partial charge < -0.3 is 19.2 Å². The van der Waals surface area contributed by atoms with Gasteiger partial charge in [0.2, 0.25) is 5.75 Å². The Bertz CT molecular complexity index is 1400. The van der Waals surface area contributed by atoms with Gasteiger partial charge in [0, 0.05) is 28.8 Å². The molecule has 2 N–H and O–H groups in total. The van der Waals surface area contributed by atoms with Crippen molar-refractivity contribution < 1.29 is 23.9 Å². The van der Waals surface area contributed by atoms with Crippen molar-refractivity contribution in [3.63, 3.8) is 0 Å². The number of nitrogens with one attached hydrogen (secondary N) is 2. The van der Waals surface area contributed by atoms with Crippen LogP contribution in [0.1, 0.15) is 15.9 Å². The lowest BCUT2D eigenvalue weighted by molar-refractivity contribution is -0.384. The number of aromatic nitrogens is 2. The molecule has 1 aromatic heterocycles. The molecule has 4 aromatic rings. The third-order valence-corrected chi connectivity index (χ3v) is 5.16. The van der Waals surface area contributed by atoms with E-state index in [-0.39, 0.29) is 5.69 Å². The maximum absolute atomic E-state index is 12.6. The molecule has 0 aliphatic rings. The van der Waals surface area contributed by atoms with Gasteiger partial charge in [0.25, 0.3) is 11.6 Å². The number of ether oxygens (including phenoxy) is 3. The molecule has 11 heteroatoms. The van der Waals surface area contributed by atoms with Gasteiger partial charge in [-0.3, -0.25) is 14.9 Å². The molecule has 0 saturated heterocycles. The number of hydrogen-bond donors (Lipinski definition) is 2. The summed E-state index contributed by atoms with van der Waals surface area (Å²) in [6, 6.07) is 14.4. The van der Waals surface area contributed by atoms with E-state index >= 15 is 0 Å². The molecular formula is C24H21N5O6. The van der Waals surface area contributed by atoms with Crippen molar-refractivity contribution in [1.29, 1.82) is 0 Å². The van der Waals surface area contributed by atoms with Crippen molar-refractivity contribution in [2.24, 2.45) is 5.10 Å². The number of methoxy groups -OCH3 is 3. The van der Waals surface area contributed by atoms with Crippen LogP contribution in [0.25, 0.3) is 22.4 Å². The summed E-state index contributed by atoms with van der Waals surface area (Å²) < 4.78 is 15.9. The van der Waals surface area contributed by atoms with Crippen LogP contribution >= 0.6 is 0 Å². The molecule has 0 atom stereocenters. The van der Waals surface area contributed by atoms with E-state index in [0.29, 0.717) is 50.8 Å². The fraction of sp³-hybridized carbons (Fsp3) is 0.125. The van der Waals surface area contributed by atoms with Crippen molar-refractivity contribution in [2.75, 3.05) is 21.3 Å². The normalized spacial score (nSPS) is 10.9. The number of rotatable bonds is 8. The number of nitro benzene ring substituents is 1. The number of benzene rings is 3. The Morgan fingerprint density at radius 2 is 1.71 bits per heavy atom. The Kier molecular flexibility index (Phi) is 6.58. The fourth-order valence-electron chi connectivity index (χ4n) is 3.43. The second-order valence-corrected chi connectivity index (χ2v) is 7.28. The molecule has 0 aliphatic carbocycles. The van der Waals surface area contributed by atoms with Gasteiger partial charge in [0.05, 0.1) is 43.5 Å². The smallest absolute Gasteiger partial charge is 0.271 e. The summed E-state index contributed by atoms with van der Waals surface area (Å²) in [5.74, 6) is 1.51. The molecule has 0 saturated carbocycles. The number of carbonyl (C=O) groups is 1. The van der Waals surface area contributed by atoms with E-state index in [1.54, 1.807) is 42.5 Å². The summed E-state index contributed by atoms with van der Waals surface area (Å²) in [4.78, 5) is 30.6. The molecule has 3 aromatic carbocycles. The van der Waals surface area contributed by atoms with Crippen LogP contribution in [0.3, 0.4) is 0 Å². The number of hydrogen-bond acceptors (Lipinski definition) is 8. The molecule has 11 nitrogen and oxygen atoms in total. The molecule has 0 bridgehead atoms. The van der Waals surface area contributed by atoms with Crippen LogP contribution in [-0.4, -0.2) is 48.3 Å². The van der Waals surface area contributed by atoms with Crippen LogP contribution in [0.4, 0.5) is 5.69 Å². The summed E-state index contributed by atoms with van der Waals surface area (Å²) in [5, 5.41) is 14.9. The first-order valence-electron chi connectivity index (χ1n) is 10.3. The van der Waals surface area contributed by atoms with Gasteiger partial charge >= 0.3 is 0 Å². The number of aromatic amines is 1. The van der Waals surface area contributed by atoms with Crippen LogP contribution in [0.15, 0.2) is 59.7 Å². The Morgan fingerprint density at radius 1 is 1.03 bits per heavy atom. The van der Waals surface area contributed by atoms with Crippen molar-refractivity contribution >= 4 is 28.8 Å². The van der Waals surface area contributed by atoms with E-state index in [2.05, 4.69) is 20.5 Å². The number of H-pyrrole nitrogens is 1. The molecule has 0 fully saturated rings. The predicted octanol–water partition coefficient (Wildman–Crippen LogP) is 3.93. The Hall–Kier alpha value is -4.93. The van der Waals surface area contributed by atoms with Gasteiger partial charge in [-0.25, -0.2) is 10.4 Å². The zero-order valence-corrected chi connectivity index (χ0v) is 19.1. The lowest BCUT2D eigenvalue weighted by Gasteiger charge is -2.12. The standard InChI is InChI=1S/C24H21N5O6/c1-33-20-10-14(11-21(34-2)22(20)35-3)13-25-28-24(30)16-6-9-18-19(12-16)27-23(26-18)15-4-7-17(8-5-15)29(31)32/h4-13H,1-3H3,(H,26,27)(H,28,30)/b25-13-. The molecule has 178 valence electrons. The van der Waals surface area contributed by atoms with Crippen molar-refractivity contribution in [1.82, 2.24) is 15.4 Å². The molecule has 1 heterocycles. The minimum Gasteiger partial charge on any atom is -0.493 e. The van der Waals surface area contributed by atoms with Crippen molar-refractivity contribution in [3.8, 4) is 28.6 Å². The first-order valence-corrected chi connectivity index (χ1v) is 10.3. The van der Waals surface area contributed by atoms with Gasteiger partial charge in [-0.1, -0.05) is 0 Å². The minimum absolute atomic E-state index is 0.00380. The van der Waals surface area contributed by atoms with E-state index in [1.165, 1.54) is 39.7 Å². The highest BCUT2D eigenvalue weighted by atomic mass is 16.6. The van der Waals surface area contributed by atoms with Gasteiger partial charge in [-0.05, 0) is 42.5 Å². The molecule has 0 unspecified atom stereocenters. The first-order chi connectivity index (χ1) is 16.9. The van der Waals surface area contributed by atoms with Crippen molar-refractivity contribution in [3.05, 3.63) is 75.8 Å². The number of amides is 1. The third-order valence-electron chi connectivity index (χ3n) is 5.16. The maximum atomic E-state index is 12.6. The van der Waals surface area contributed by atoms with E-state index < -0.39 is 10.8 Å². The SMILES string of the molecule is COc1cc(/C=N\NC(=O)c2ccc3nc(-c4ccc([N+](=O)[O-])cc4)[nH]c3c2)cc(OC)c1OC. The quantitative estimate of drug-likeness (QED) is 0.223. The summed E-state index contributed by atoms with van der Waals surface area (Å²) in [6.45, 7) is 0. The first kappa shape index (κ1) is 23.2. The third kappa shape index (κ3) is 4.88. The van der Waals surface area contributed by atoms with Gasteiger partial charge in [-0.2, -0.15) is 5.10 Å². The minimum atomic E-state index is -0.461. The lowest BCUT2D eigenvalue weighted by atomic mass is 10.2. The molecule has 4 rings (SSSR count). The van der Waals surface area contributed by atoms with Crippen LogP contribution in [0.5, 0.6) is 17.2 Å². The maximum Gasteiger partial charge on any atom is 0.271 e. The van der Waals surface area contributed by atoms with E-state index in [1.807, 2.05) is 0 Å². The van der Waals surface area contributed by atoms with Gasteiger partial charge in [-0.15, -0.1) is 0 Å². The number of imidazole rings is 1. The fourth-order valence-corrected chi connectivity index (χ4v) is 3.43. The Balaban J connectivity index is 1.50. The molecule has 0 spiro atoms. The highest BCUT2D eigenvalue weighted by Crippen LogP contribution is 2.37. The van der Waals surface area contributed by atoms with Gasteiger partial charge in [0.15, 0.2) is 11.5 Å². The second-order valence-electron chi connectivity index (χ2n) is 7.28. The summed E-state index contributed by atoms with van der Waals surface area (Å²) in [7, 11) is 4.54. The number of hydrazone groups is 1. The zero-order chi connectivity index (χ0) is 24.9. The van der Waals surface area contributed by atoms with E-state index in [0.717, 1.165) is 0 Å². The van der Waals surface area contributed by atoms with Crippen LogP contribution < -0.4 is 19.6 Å². The van der Waals surface area contributed by atoms with E-state index in [9.17, 15) is 14.9 Å². The largest absolute Gasteiger partial charge is 0.493 e. The average molecular weight is 475 g/mol. The number of nitrogens with zero attached hydrogens (tertiary/aromatic N) is 3. The molecular weight excluding hydrogens is 454 g/mol. The molecule has 1 amide bonds. The number of nitro groups is 1. The van der Waals surface area contributed by atoms with Gasteiger partial charge in [0.1, 0.15) is 5.82 Å². The van der Waals surface area contributed by atoms with Crippen molar-refractivity contribution in [2.45, 2.75) is 0 Å². The average Bonchev–Trinajstić information content (AvgIpc) is 3.31. The highest BCUT2D eigenvalue weighted by molar-refractivity contribution is 5.98.